The fourth-order valence-electron chi connectivity index (χ4n) is 11.3. The lowest BCUT2D eigenvalue weighted by Gasteiger charge is -2.52. The van der Waals surface area contributed by atoms with Gasteiger partial charge in [-0.1, -0.05) is 155 Å². The van der Waals surface area contributed by atoms with Gasteiger partial charge in [0, 0.05) is 34.3 Å². The molecule has 0 fully saturated rings. The van der Waals surface area contributed by atoms with Gasteiger partial charge in [0.05, 0.1) is 22.8 Å². The topological polar surface area (TPSA) is 15.7 Å². The Morgan fingerprint density at radius 1 is 0.578 bits per heavy atom. The molecule has 0 N–H and O–H groups in total. The molecule has 0 radical (unpaired) electrons. The first kappa shape index (κ1) is 42.5. The minimum absolute atomic E-state index is 0.0171. The van der Waals surface area contributed by atoms with Crippen LogP contribution < -0.4 is 20.0 Å². The first-order valence-electron chi connectivity index (χ1n) is 23.8. The van der Waals surface area contributed by atoms with Crippen molar-refractivity contribution < 1.29 is 4.74 Å². The van der Waals surface area contributed by atoms with Crippen molar-refractivity contribution in [3.05, 3.63) is 165 Å². The molecule has 1 unspecified atom stereocenters. The Balaban J connectivity index is 1.40. The molecule has 6 aromatic carbocycles. The Morgan fingerprint density at radius 3 is 1.89 bits per heavy atom. The van der Waals surface area contributed by atoms with Crippen LogP contribution in [0.15, 0.2) is 115 Å². The number of aryl methyl sites for hydroxylation is 1. The summed E-state index contributed by atoms with van der Waals surface area (Å²) >= 11 is 0. The average Bonchev–Trinajstić information content (AvgIpc) is 3.23. The summed E-state index contributed by atoms with van der Waals surface area (Å²) in [4.78, 5) is 5.38. The van der Waals surface area contributed by atoms with Crippen LogP contribution in [0.1, 0.15) is 146 Å². The predicted molar refractivity (Wildman–Crippen MR) is 275 cm³/mol. The van der Waals surface area contributed by atoms with E-state index < -0.39 is 0 Å². The van der Waals surface area contributed by atoms with E-state index in [4.69, 9.17) is 4.74 Å². The van der Waals surface area contributed by atoms with Gasteiger partial charge in [0.15, 0.2) is 0 Å². The number of fused-ring (bicyclic) bond motifs is 8. The molecule has 0 spiro atoms. The second-order valence-corrected chi connectivity index (χ2v) is 23.5. The highest BCUT2D eigenvalue weighted by Crippen LogP contribution is 2.62. The number of ether oxygens (including phenoxy) is 1. The predicted octanol–water partition coefficient (Wildman–Crippen LogP) is 14.5. The summed E-state index contributed by atoms with van der Waals surface area (Å²) in [5, 5.41) is 0. The van der Waals surface area contributed by atoms with Gasteiger partial charge in [-0.2, -0.15) is 0 Å². The molecule has 3 aliphatic heterocycles. The van der Waals surface area contributed by atoms with E-state index in [2.05, 4.69) is 217 Å². The van der Waals surface area contributed by atoms with Crippen molar-refractivity contribution in [2.75, 3.05) is 16.4 Å². The van der Waals surface area contributed by atoms with E-state index in [0.29, 0.717) is 6.61 Å². The number of rotatable bonds is 2. The SMILES string of the molecule is Bc1c2cc(C(C)(C)C)cc1N1c3ccc(C(C)(C)C)cc3C3(C)CCC(C)(C)c4ccc(c1c43)CC1=C(c3cc(C)ccc3OC1)N2c1ccc(C(C)(C)C)cc1-c1ccccc1. The molecule has 1 aliphatic carbocycles. The molecular weight excluding hydrogens is 775 g/mol. The second-order valence-electron chi connectivity index (χ2n) is 23.5. The summed E-state index contributed by atoms with van der Waals surface area (Å²) in [7, 11) is 2.39. The maximum Gasteiger partial charge on any atom is 0.144 e. The monoisotopic (exact) mass is 843 g/mol. The van der Waals surface area contributed by atoms with Crippen molar-refractivity contribution in [3.8, 4) is 16.9 Å². The van der Waals surface area contributed by atoms with E-state index in [1.54, 1.807) is 0 Å². The Bertz CT molecular complexity index is 2930. The van der Waals surface area contributed by atoms with Crippen LogP contribution in [-0.4, -0.2) is 14.5 Å². The maximum atomic E-state index is 6.89. The summed E-state index contributed by atoms with van der Waals surface area (Å²) in [5.74, 6) is 0.940. The van der Waals surface area contributed by atoms with Crippen LogP contribution >= 0.6 is 0 Å². The first-order chi connectivity index (χ1) is 30.1. The number of nitrogens with zero attached hydrogens (tertiary/aromatic N) is 2. The van der Waals surface area contributed by atoms with Crippen molar-refractivity contribution in [1.82, 2.24) is 0 Å². The minimum Gasteiger partial charge on any atom is -0.488 e. The molecule has 0 saturated carbocycles. The van der Waals surface area contributed by atoms with E-state index in [1.165, 1.54) is 101 Å². The lowest BCUT2D eigenvalue weighted by molar-refractivity contribution is 0.341. The number of hydrogen-bond acceptors (Lipinski definition) is 3. The zero-order valence-electron chi connectivity index (χ0n) is 41.0. The highest BCUT2D eigenvalue weighted by Gasteiger charge is 2.49. The van der Waals surface area contributed by atoms with Crippen LogP contribution in [0.25, 0.3) is 16.8 Å². The van der Waals surface area contributed by atoms with Crippen LogP contribution in [0, 0.1) is 6.92 Å². The van der Waals surface area contributed by atoms with Crippen LogP contribution in [0.2, 0.25) is 0 Å². The quantitative estimate of drug-likeness (QED) is 0.162. The molecule has 0 amide bonds. The highest BCUT2D eigenvalue weighted by molar-refractivity contribution is 6.41. The van der Waals surface area contributed by atoms with E-state index in [-0.39, 0.29) is 27.1 Å². The van der Waals surface area contributed by atoms with Crippen LogP contribution in [0.4, 0.5) is 28.4 Å². The Kier molecular flexibility index (Phi) is 9.46. The van der Waals surface area contributed by atoms with Crippen molar-refractivity contribution in [2.24, 2.45) is 0 Å². The molecule has 4 aliphatic rings. The first-order valence-corrected chi connectivity index (χ1v) is 23.8. The zero-order chi connectivity index (χ0) is 45.5. The number of anilines is 5. The van der Waals surface area contributed by atoms with Gasteiger partial charge in [-0.3, -0.25) is 0 Å². The maximum absolute atomic E-state index is 6.89. The molecule has 3 heterocycles. The van der Waals surface area contributed by atoms with Gasteiger partial charge < -0.3 is 14.5 Å². The summed E-state index contributed by atoms with van der Waals surface area (Å²) in [6.07, 6.45) is 3.01. The minimum atomic E-state index is -0.152. The third-order valence-electron chi connectivity index (χ3n) is 15.4. The lowest BCUT2D eigenvalue weighted by atomic mass is 9.57. The summed E-state index contributed by atoms with van der Waals surface area (Å²) in [6, 6.07) is 42.6. The van der Waals surface area contributed by atoms with E-state index in [1.807, 2.05) is 0 Å². The van der Waals surface area contributed by atoms with Crippen molar-refractivity contribution in [2.45, 2.75) is 136 Å². The van der Waals surface area contributed by atoms with Gasteiger partial charge >= 0.3 is 0 Å². The van der Waals surface area contributed by atoms with Gasteiger partial charge in [-0.05, 0) is 139 Å². The molecule has 10 rings (SSSR count). The molecule has 326 valence electrons. The lowest BCUT2D eigenvalue weighted by Crippen LogP contribution is -2.43. The molecule has 4 heteroatoms. The molecule has 3 nitrogen and oxygen atoms in total. The Morgan fingerprint density at radius 2 is 1.22 bits per heavy atom. The summed E-state index contributed by atoms with van der Waals surface area (Å²) in [6.45, 7) is 31.4. The van der Waals surface area contributed by atoms with Gasteiger partial charge in [-0.25, -0.2) is 0 Å². The highest BCUT2D eigenvalue weighted by atomic mass is 16.5. The fraction of sp³-hybridized carbons (Fsp3) is 0.367. The van der Waals surface area contributed by atoms with Gasteiger partial charge in [0.1, 0.15) is 20.2 Å². The zero-order valence-corrected chi connectivity index (χ0v) is 41.0. The number of benzene rings is 6. The number of hydrogen-bond donors (Lipinski definition) is 0. The molecule has 64 heavy (non-hydrogen) atoms. The van der Waals surface area contributed by atoms with Crippen molar-refractivity contribution in [1.29, 1.82) is 0 Å². The molecular formula is C60H67BN2O. The van der Waals surface area contributed by atoms with E-state index >= 15 is 0 Å². The molecule has 2 bridgehead atoms. The van der Waals surface area contributed by atoms with E-state index in [0.717, 1.165) is 30.6 Å². The van der Waals surface area contributed by atoms with Crippen molar-refractivity contribution >= 4 is 47.4 Å². The normalized spacial score (nSPS) is 18.7. The van der Waals surface area contributed by atoms with Crippen LogP contribution in [0.3, 0.4) is 0 Å². The largest absolute Gasteiger partial charge is 0.488 e. The van der Waals surface area contributed by atoms with Crippen LogP contribution in [-0.2, 0) is 33.5 Å². The average molecular weight is 843 g/mol. The van der Waals surface area contributed by atoms with Gasteiger partial charge in [0.25, 0.3) is 0 Å². The summed E-state index contributed by atoms with van der Waals surface area (Å²) < 4.78 is 6.89. The van der Waals surface area contributed by atoms with E-state index in [9.17, 15) is 0 Å². The smallest absolute Gasteiger partial charge is 0.144 e. The fourth-order valence-corrected chi connectivity index (χ4v) is 11.3. The Hall–Kier alpha value is -5.48. The molecule has 6 aromatic rings. The molecule has 1 atom stereocenters. The molecule has 0 aromatic heterocycles. The van der Waals surface area contributed by atoms with Crippen LogP contribution in [0.5, 0.6) is 5.75 Å². The third-order valence-corrected chi connectivity index (χ3v) is 15.4. The second kappa shape index (κ2) is 14.3. The van der Waals surface area contributed by atoms with Crippen molar-refractivity contribution in [3.63, 3.8) is 0 Å². The van der Waals surface area contributed by atoms with Gasteiger partial charge in [-0.15, -0.1) is 0 Å². The standard InChI is InChI=1S/C60H67BN2O/c1-36-19-26-51-44(29-36)54-39(35-64-51)30-38-20-23-45-52-55(38)63(48-25-22-41(57(5,6)7)32-46(48)60(52,13)28-27-59(45,11)12)50-34-42(58(8,9)10)33-49(53(50)61)62(54)47-24-21-40(56(2,3)4)31-43(47)37-17-15-14-16-18-37/h14-26,29,31-34H,27-28,30,35,61H2,1-13H3. The van der Waals surface area contributed by atoms with Gasteiger partial charge in [0.2, 0.25) is 0 Å². The summed E-state index contributed by atoms with van der Waals surface area (Å²) in [5.41, 5.74) is 24.5. The Labute approximate surface area is 385 Å². The molecule has 0 saturated heterocycles. The third kappa shape index (κ3) is 6.60.